The van der Waals surface area contributed by atoms with E-state index in [1.165, 1.54) is 36.3 Å². The fourth-order valence-corrected chi connectivity index (χ4v) is 7.03. The highest BCUT2D eigenvalue weighted by atomic mass is 35.5. The van der Waals surface area contributed by atoms with Gasteiger partial charge in [0.2, 0.25) is 11.8 Å². The summed E-state index contributed by atoms with van der Waals surface area (Å²) in [7, 11) is -2.76. The molecule has 11 heteroatoms. The number of carbonyl (C=O) groups is 2. The Morgan fingerprint density at radius 1 is 0.976 bits per heavy atom. The Hall–Kier alpha value is -3.27. The minimum atomic E-state index is -4.21. The molecule has 3 aromatic carbocycles. The average molecular weight is 633 g/mol. The number of nitrogens with zero attached hydrogens (tertiary/aromatic N) is 2. The standard InChI is InChI=1S/C31H35Cl2N3O5S/c1-3-28(31(38)34-23-12-8-9-13-23)35(20-22-11-7-10-16-26(22)32)30(37)21-36(24-17-18-29(41-2)27(33)19-24)42(39,40)25-14-5-4-6-15-25/h4-7,10-11,14-19,23,28H,3,8-9,12-13,20-21H2,1-2H3,(H,34,38)/t28-/m1/s1. The van der Waals surface area contributed by atoms with Crippen molar-refractivity contribution in [2.45, 2.75) is 62.6 Å². The van der Waals surface area contributed by atoms with E-state index < -0.39 is 28.5 Å². The summed E-state index contributed by atoms with van der Waals surface area (Å²) in [6, 6.07) is 18.7. The number of amides is 2. The average Bonchev–Trinajstić information content (AvgIpc) is 3.50. The van der Waals surface area contributed by atoms with Crippen LogP contribution in [0.3, 0.4) is 0 Å². The molecule has 1 aliphatic carbocycles. The van der Waals surface area contributed by atoms with E-state index in [1.807, 2.05) is 6.92 Å². The maximum atomic E-state index is 14.2. The first-order valence-corrected chi connectivity index (χ1v) is 16.1. The third-order valence-corrected chi connectivity index (χ3v) is 9.87. The Labute approximate surface area is 257 Å². The second kappa shape index (κ2) is 14.3. The van der Waals surface area contributed by atoms with Gasteiger partial charge in [0.25, 0.3) is 10.0 Å². The number of methoxy groups -OCH3 is 1. The molecule has 3 aromatic rings. The van der Waals surface area contributed by atoms with Crippen molar-refractivity contribution in [1.82, 2.24) is 10.2 Å². The van der Waals surface area contributed by atoms with Gasteiger partial charge in [-0.1, -0.05) is 79.4 Å². The van der Waals surface area contributed by atoms with Gasteiger partial charge in [0, 0.05) is 17.6 Å². The van der Waals surface area contributed by atoms with Crippen LogP contribution < -0.4 is 14.4 Å². The number of halogens is 2. The maximum Gasteiger partial charge on any atom is 0.264 e. The number of ether oxygens (including phenoxy) is 1. The first kappa shape index (κ1) is 31.7. The van der Waals surface area contributed by atoms with Crippen molar-refractivity contribution in [3.05, 3.63) is 88.4 Å². The molecule has 0 spiro atoms. The van der Waals surface area contributed by atoms with E-state index in [0.29, 0.717) is 22.8 Å². The fraction of sp³-hybridized carbons (Fsp3) is 0.355. The number of hydrogen-bond donors (Lipinski definition) is 1. The SMILES string of the molecule is CC[C@H](C(=O)NC1CCCC1)N(Cc1ccccc1Cl)C(=O)CN(c1ccc(OC)c(Cl)c1)S(=O)(=O)c1ccccc1. The van der Waals surface area contributed by atoms with Gasteiger partial charge in [-0.25, -0.2) is 8.42 Å². The summed E-state index contributed by atoms with van der Waals surface area (Å²) >= 11 is 12.8. The number of rotatable bonds is 12. The summed E-state index contributed by atoms with van der Waals surface area (Å²) in [6.45, 7) is 1.28. The Kier molecular flexibility index (Phi) is 10.8. The van der Waals surface area contributed by atoms with Gasteiger partial charge in [-0.05, 0) is 61.2 Å². The lowest BCUT2D eigenvalue weighted by molar-refractivity contribution is -0.140. The molecule has 1 N–H and O–H groups in total. The number of sulfonamides is 1. The van der Waals surface area contributed by atoms with E-state index in [9.17, 15) is 18.0 Å². The van der Waals surface area contributed by atoms with Crippen LogP contribution in [-0.4, -0.2) is 50.9 Å². The van der Waals surface area contributed by atoms with Crippen LogP contribution in [0.25, 0.3) is 0 Å². The highest BCUT2D eigenvalue weighted by Gasteiger charge is 2.35. The number of nitrogens with one attached hydrogen (secondary N) is 1. The smallest absolute Gasteiger partial charge is 0.264 e. The van der Waals surface area contributed by atoms with E-state index in [-0.39, 0.29) is 34.1 Å². The Balaban J connectivity index is 1.74. The minimum absolute atomic E-state index is 0.00779. The van der Waals surface area contributed by atoms with Crippen molar-refractivity contribution >= 4 is 50.7 Å². The molecule has 0 heterocycles. The van der Waals surface area contributed by atoms with Gasteiger partial charge in [0.15, 0.2) is 0 Å². The Morgan fingerprint density at radius 2 is 1.64 bits per heavy atom. The third kappa shape index (κ3) is 7.38. The topological polar surface area (TPSA) is 96.0 Å². The lowest BCUT2D eigenvalue weighted by Gasteiger charge is -2.34. The molecule has 1 fully saturated rings. The lowest BCUT2D eigenvalue weighted by Crippen LogP contribution is -2.53. The van der Waals surface area contributed by atoms with Gasteiger partial charge in [-0.2, -0.15) is 0 Å². The van der Waals surface area contributed by atoms with Gasteiger partial charge >= 0.3 is 0 Å². The van der Waals surface area contributed by atoms with Gasteiger partial charge < -0.3 is 15.0 Å². The van der Waals surface area contributed by atoms with Crippen molar-refractivity contribution in [1.29, 1.82) is 0 Å². The molecule has 1 atom stereocenters. The molecule has 224 valence electrons. The highest BCUT2D eigenvalue weighted by molar-refractivity contribution is 7.92. The van der Waals surface area contributed by atoms with Crippen LogP contribution >= 0.6 is 23.2 Å². The third-order valence-electron chi connectivity index (χ3n) is 7.42. The molecular weight excluding hydrogens is 597 g/mol. The van der Waals surface area contributed by atoms with E-state index >= 15 is 0 Å². The van der Waals surface area contributed by atoms with Crippen LogP contribution in [0, 0.1) is 0 Å². The summed E-state index contributed by atoms with van der Waals surface area (Å²) in [4.78, 5) is 29.2. The van der Waals surface area contributed by atoms with E-state index in [0.717, 1.165) is 30.0 Å². The number of hydrogen-bond acceptors (Lipinski definition) is 5. The van der Waals surface area contributed by atoms with Crippen LogP contribution in [0.2, 0.25) is 10.0 Å². The van der Waals surface area contributed by atoms with Crippen LogP contribution in [-0.2, 0) is 26.2 Å². The molecule has 0 radical (unpaired) electrons. The van der Waals surface area contributed by atoms with Crippen molar-refractivity contribution < 1.29 is 22.7 Å². The summed E-state index contributed by atoms with van der Waals surface area (Å²) in [6.07, 6.45) is 4.19. The number of carbonyl (C=O) groups excluding carboxylic acids is 2. The molecule has 0 unspecified atom stereocenters. The molecular formula is C31H35Cl2N3O5S. The van der Waals surface area contributed by atoms with Crippen LogP contribution in [0.4, 0.5) is 5.69 Å². The zero-order valence-electron chi connectivity index (χ0n) is 23.6. The first-order chi connectivity index (χ1) is 20.1. The van der Waals surface area contributed by atoms with Gasteiger partial charge in [-0.15, -0.1) is 0 Å². The monoisotopic (exact) mass is 631 g/mol. The normalized spacial score (nSPS) is 14.3. The quantitative estimate of drug-likeness (QED) is 0.262. The molecule has 2 amide bonds. The summed E-state index contributed by atoms with van der Waals surface area (Å²) in [5, 5.41) is 3.73. The van der Waals surface area contributed by atoms with Crippen molar-refractivity contribution in [3.8, 4) is 5.75 Å². The molecule has 0 bridgehead atoms. The van der Waals surface area contributed by atoms with Crippen LogP contribution in [0.1, 0.15) is 44.6 Å². The van der Waals surface area contributed by atoms with Crippen molar-refractivity contribution in [2.24, 2.45) is 0 Å². The molecule has 8 nitrogen and oxygen atoms in total. The molecule has 42 heavy (non-hydrogen) atoms. The van der Waals surface area contributed by atoms with E-state index in [4.69, 9.17) is 27.9 Å². The van der Waals surface area contributed by atoms with Crippen molar-refractivity contribution in [3.63, 3.8) is 0 Å². The van der Waals surface area contributed by atoms with E-state index in [2.05, 4.69) is 5.32 Å². The minimum Gasteiger partial charge on any atom is -0.495 e. The highest BCUT2D eigenvalue weighted by Crippen LogP contribution is 2.32. The second-order valence-corrected chi connectivity index (χ2v) is 12.8. The van der Waals surface area contributed by atoms with Crippen LogP contribution in [0.15, 0.2) is 77.7 Å². The summed E-state index contributed by atoms with van der Waals surface area (Å²) < 4.78 is 34.2. The first-order valence-electron chi connectivity index (χ1n) is 13.9. The molecule has 1 aliphatic rings. The molecule has 0 saturated heterocycles. The number of benzene rings is 3. The second-order valence-electron chi connectivity index (χ2n) is 10.2. The van der Waals surface area contributed by atoms with E-state index in [1.54, 1.807) is 48.5 Å². The molecule has 0 aromatic heterocycles. The van der Waals surface area contributed by atoms with Gasteiger partial charge in [0.05, 0.1) is 22.7 Å². The summed E-state index contributed by atoms with van der Waals surface area (Å²) in [5.41, 5.74) is 0.823. The van der Waals surface area contributed by atoms with Gasteiger partial charge in [0.1, 0.15) is 18.3 Å². The van der Waals surface area contributed by atoms with Gasteiger partial charge in [-0.3, -0.25) is 13.9 Å². The maximum absolute atomic E-state index is 14.2. The molecule has 4 rings (SSSR count). The lowest BCUT2D eigenvalue weighted by atomic mass is 10.1. The largest absolute Gasteiger partial charge is 0.495 e. The zero-order chi connectivity index (χ0) is 30.3. The number of anilines is 1. The Bertz CT molecular complexity index is 1500. The predicted octanol–water partition coefficient (Wildman–Crippen LogP) is 6.06. The predicted molar refractivity (Wildman–Crippen MR) is 165 cm³/mol. The Morgan fingerprint density at radius 3 is 2.26 bits per heavy atom. The van der Waals surface area contributed by atoms with Crippen molar-refractivity contribution in [2.75, 3.05) is 18.0 Å². The van der Waals surface area contributed by atoms with Crippen LogP contribution in [0.5, 0.6) is 5.75 Å². The molecule has 1 saturated carbocycles. The summed E-state index contributed by atoms with van der Waals surface area (Å²) in [5.74, 6) is -0.469. The fourth-order valence-electron chi connectivity index (χ4n) is 5.16. The molecule has 0 aliphatic heterocycles. The zero-order valence-corrected chi connectivity index (χ0v) is 26.0.